The smallest absolute Gasteiger partial charge is 0.419 e. The van der Waals surface area contributed by atoms with Crippen LogP contribution in [0.5, 0.6) is 0 Å². The Morgan fingerprint density at radius 1 is 1.38 bits per heavy atom. The maximum atomic E-state index is 13.8. The molecule has 1 aromatic carbocycles. The number of alkyl halides is 3. The van der Waals surface area contributed by atoms with E-state index < -0.39 is 25.0 Å². The first-order chi connectivity index (χ1) is 15.9. The normalized spacial score (nSPS) is 16.6. The summed E-state index contributed by atoms with van der Waals surface area (Å²) in [5, 5.41) is 22.1. The number of anilines is 1. The molecule has 1 amide bonds. The van der Waals surface area contributed by atoms with Crippen molar-refractivity contribution < 1.29 is 27.6 Å². The highest BCUT2D eigenvalue weighted by atomic mass is 31.2. The number of amides is 1. The second kappa shape index (κ2) is 8.33. The summed E-state index contributed by atoms with van der Waals surface area (Å²) in [5.41, 5.74) is -0.830. The molecule has 0 radical (unpaired) electrons. The number of nitriles is 1. The van der Waals surface area contributed by atoms with Gasteiger partial charge in [0.2, 0.25) is 5.95 Å². The molecule has 34 heavy (non-hydrogen) atoms. The first-order valence-corrected chi connectivity index (χ1v) is 12.8. The number of carbonyl (C=O) groups is 1. The van der Waals surface area contributed by atoms with Crippen molar-refractivity contribution in [2.24, 2.45) is 0 Å². The fourth-order valence-electron chi connectivity index (χ4n) is 4.13. The lowest BCUT2D eigenvalue weighted by molar-refractivity contribution is -0.137. The van der Waals surface area contributed by atoms with Gasteiger partial charge in [0.25, 0.3) is 0 Å². The summed E-state index contributed by atoms with van der Waals surface area (Å²) in [6.45, 7) is 3.42. The number of aromatic nitrogens is 3. The summed E-state index contributed by atoms with van der Waals surface area (Å²) in [4.78, 5) is 23.2. The van der Waals surface area contributed by atoms with Crippen LogP contribution in [-0.4, -0.2) is 63.5 Å². The summed E-state index contributed by atoms with van der Waals surface area (Å²) in [7, 11) is -2.96. The highest BCUT2D eigenvalue weighted by Crippen LogP contribution is 2.42. The van der Waals surface area contributed by atoms with Gasteiger partial charge in [0.05, 0.1) is 28.1 Å². The minimum Gasteiger partial charge on any atom is -0.465 e. The molecule has 0 spiro atoms. The van der Waals surface area contributed by atoms with Crippen LogP contribution in [-0.2, 0) is 10.7 Å². The quantitative estimate of drug-likeness (QED) is 0.470. The van der Waals surface area contributed by atoms with Crippen molar-refractivity contribution in [2.45, 2.75) is 18.6 Å². The Labute approximate surface area is 192 Å². The average molecular weight is 492 g/mol. The molecular formula is C21H20F3N6O3P. The number of rotatable bonds is 4. The molecule has 13 heteroatoms. The Morgan fingerprint density at radius 2 is 2.12 bits per heavy atom. The molecule has 0 saturated carbocycles. The molecule has 1 aliphatic heterocycles. The van der Waals surface area contributed by atoms with Crippen LogP contribution in [0.25, 0.3) is 22.2 Å². The third-order valence-electron chi connectivity index (χ3n) is 5.63. The zero-order chi connectivity index (χ0) is 24.8. The Balaban J connectivity index is 1.83. The Hall–Kier alpha value is -3.58. The Bertz CT molecular complexity index is 1370. The summed E-state index contributed by atoms with van der Waals surface area (Å²) in [6.07, 6.45) is -3.34. The van der Waals surface area contributed by atoms with E-state index in [2.05, 4.69) is 20.3 Å². The molecule has 1 unspecified atom stereocenters. The first kappa shape index (κ1) is 23.6. The third kappa shape index (κ3) is 4.31. The molecular weight excluding hydrogens is 472 g/mol. The largest absolute Gasteiger partial charge is 0.465 e. The second-order valence-electron chi connectivity index (χ2n) is 8.36. The van der Waals surface area contributed by atoms with E-state index in [0.717, 1.165) is 0 Å². The van der Waals surface area contributed by atoms with Crippen molar-refractivity contribution in [1.29, 1.82) is 5.26 Å². The zero-order valence-corrected chi connectivity index (χ0v) is 19.0. The SMILES string of the molecule is CP(C)(=O)c1c(C#N)ccc2c(-c3nc(NC4CCN(C(=O)O)C4)ncc3C(F)(F)F)c[nH]c12. The standard InChI is InChI=1S/C21H20F3N6O3P/c1-34(2,33)18-11(7-25)3-4-13-14(8-26-17(13)18)16-15(21(22,23)24)9-27-19(29-16)28-12-5-6-30(10-12)20(31)32/h3-4,8-9,12,26H,5-6,10H2,1-2H3,(H,31,32)(H,27,28,29). The monoisotopic (exact) mass is 492 g/mol. The lowest BCUT2D eigenvalue weighted by Gasteiger charge is -2.16. The second-order valence-corrected chi connectivity index (χ2v) is 11.5. The number of H-pyrrole nitrogens is 1. The fourth-order valence-corrected chi connectivity index (χ4v) is 5.56. The van der Waals surface area contributed by atoms with Crippen LogP contribution in [0, 0.1) is 11.3 Å². The molecule has 1 atom stereocenters. The summed E-state index contributed by atoms with van der Waals surface area (Å²) in [5.74, 6) is -0.0693. The lowest BCUT2D eigenvalue weighted by atomic mass is 10.0. The van der Waals surface area contributed by atoms with Gasteiger partial charge >= 0.3 is 12.3 Å². The van der Waals surface area contributed by atoms with Crippen molar-refractivity contribution in [3.63, 3.8) is 0 Å². The van der Waals surface area contributed by atoms with Crippen LogP contribution in [0.15, 0.2) is 24.5 Å². The third-order valence-corrected chi connectivity index (χ3v) is 7.17. The number of hydrogen-bond acceptors (Lipinski definition) is 6. The van der Waals surface area contributed by atoms with Gasteiger partial charge in [-0.3, -0.25) is 0 Å². The minimum absolute atomic E-state index is 0.0693. The predicted octanol–water partition coefficient (Wildman–Crippen LogP) is 3.93. The van der Waals surface area contributed by atoms with E-state index >= 15 is 0 Å². The maximum absolute atomic E-state index is 13.8. The number of likely N-dealkylation sites (tertiary alicyclic amines) is 1. The van der Waals surface area contributed by atoms with Gasteiger partial charge in [-0.15, -0.1) is 0 Å². The zero-order valence-electron chi connectivity index (χ0n) is 18.1. The van der Waals surface area contributed by atoms with E-state index in [9.17, 15) is 27.8 Å². The molecule has 1 saturated heterocycles. The van der Waals surface area contributed by atoms with E-state index in [1.165, 1.54) is 36.6 Å². The molecule has 4 rings (SSSR count). The van der Waals surface area contributed by atoms with Gasteiger partial charge in [-0.05, 0) is 25.8 Å². The van der Waals surface area contributed by atoms with Crippen LogP contribution in [0.3, 0.4) is 0 Å². The van der Waals surface area contributed by atoms with E-state index in [4.69, 9.17) is 5.11 Å². The van der Waals surface area contributed by atoms with E-state index in [-0.39, 0.29) is 40.7 Å². The van der Waals surface area contributed by atoms with Crippen molar-refractivity contribution in [3.8, 4) is 17.3 Å². The molecule has 1 fully saturated rings. The van der Waals surface area contributed by atoms with Crippen LogP contribution in [0.1, 0.15) is 17.5 Å². The molecule has 9 nitrogen and oxygen atoms in total. The Morgan fingerprint density at radius 3 is 2.71 bits per heavy atom. The number of nitrogens with one attached hydrogen (secondary N) is 2. The van der Waals surface area contributed by atoms with E-state index in [1.807, 2.05) is 6.07 Å². The van der Waals surface area contributed by atoms with Crippen LogP contribution in [0.2, 0.25) is 0 Å². The van der Waals surface area contributed by atoms with Gasteiger partial charge < -0.3 is 24.9 Å². The topological polar surface area (TPSA) is 135 Å². The van der Waals surface area contributed by atoms with Crippen LogP contribution in [0.4, 0.5) is 23.9 Å². The average Bonchev–Trinajstić information content (AvgIpc) is 3.38. The van der Waals surface area contributed by atoms with Gasteiger partial charge in [-0.2, -0.15) is 18.4 Å². The maximum Gasteiger partial charge on any atom is 0.419 e. The summed E-state index contributed by atoms with van der Waals surface area (Å²) >= 11 is 0. The highest BCUT2D eigenvalue weighted by Gasteiger charge is 2.37. The van der Waals surface area contributed by atoms with Gasteiger partial charge in [-0.25, -0.2) is 14.8 Å². The van der Waals surface area contributed by atoms with Gasteiger partial charge in [-0.1, -0.05) is 6.07 Å². The lowest BCUT2D eigenvalue weighted by Crippen LogP contribution is -2.30. The van der Waals surface area contributed by atoms with E-state index in [0.29, 0.717) is 30.1 Å². The molecule has 178 valence electrons. The molecule has 0 aliphatic carbocycles. The van der Waals surface area contributed by atoms with Gasteiger partial charge in [0.15, 0.2) is 0 Å². The number of benzene rings is 1. The number of carboxylic acid groups (broad SMARTS) is 1. The van der Waals surface area contributed by atoms with Crippen molar-refractivity contribution >= 4 is 35.4 Å². The summed E-state index contributed by atoms with van der Waals surface area (Å²) < 4.78 is 54.4. The Kier molecular flexibility index (Phi) is 5.77. The van der Waals surface area contributed by atoms with Gasteiger partial charge in [0.1, 0.15) is 12.7 Å². The number of fused-ring (bicyclic) bond motifs is 1. The predicted molar refractivity (Wildman–Crippen MR) is 120 cm³/mol. The summed E-state index contributed by atoms with van der Waals surface area (Å²) in [6, 6.07) is 4.57. The van der Waals surface area contributed by atoms with Crippen molar-refractivity contribution in [2.75, 3.05) is 31.7 Å². The molecule has 2 aromatic heterocycles. The number of nitrogens with zero attached hydrogens (tertiary/aromatic N) is 4. The fraction of sp³-hybridized carbons (Fsp3) is 0.333. The van der Waals surface area contributed by atoms with Crippen molar-refractivity contribution in [3.05, 3.63) is 35.7 Å². The number of aromatic amines is 1. The molecule has 0 bridgehead atoms. The van der Waals surface area contributed by atoms with E-state index in [1.54, 1.807) is 0 Å². The minimum atomic E-state index is -4.74. The molecule has 3 N–H and O–H groups in total. The number of halogens is 3. The first-order valence-electron chi connectivity index (χ1n) is 10.2. The van der Waals surface area contributed by atoms with Crippen LogP contribution < -0.4 is 10.6 Å². The number of hydrogen-bond donors (Lipinski definition) is 3. The van der Waals surface area contributed by atoms with Crippen LogP contribution >= 0.6 is 7.14 Å². The highest BCUT2D eigenvalue weighted by molar-refractivity contribution is 7.70. The molecule has 3 aromatic rings. The molecule has 1 aliphatic rings. The van der Waals surface area contributed by atoms with Crippen molar-refractivity contribution in [1.82, 2.24) is 19.9 Å². The molecule has 3 heterocycles. The van der Waals surface area contributed by atoms with Gasteiger partial charge in [0, 0.05) is 42.5 Å².